The number of aromatic nitrogens is 3. The molecular weight excluding hydrogens is 399 g/mol. The normalized spacial score (nSPS) is 11.1. The summed E-state index contributed by atoms with van der Waals surface area (Å²) in [6.07, 6.45) is 3.71. The fourth-order valence-electron chi connectivity index (χ4n) is 1.72. The maximum atomic E-state index is 4.50. The summed E-state index contributed by atoms with van der Waals surface area (Å²) in [6.45, 7) is 5.44. The molecular formula is C13H21IN6S. The Labute approximate surface area is 146 Å². The van der Waals surface area contributed by atoms with Crippen molar-refractivity contribution in [1.82, 2.24) is 25.2 Å². The highest BCUT2D eigenvalue weighted by Crippen LogP contribution is 2.15. The number of hydrogen-bond acceptors (Lipinski definition) is 4. The van der Waals surface area contributed by atoms with Crippen LogP contribution in [-0.2, 0) is 20.1 Å². The molecule has 0 saturated heterocycles. The van der Waals surface area contributed by atoms with Gasteiger partial charge < -0.3 is 15.2 Å². The van der Waals surface area contributed by atoms with Gasteiger partial charge in [-0.1, -0.05) is 0 Å². The minimum atomic E-state index is 0. The molecule has 8 heteroatoms. The van der Waals surface area contributed by atoms with E-state index < -0.39 is 0 Å². The lowest BCUT2D eigenvalue weighted by atomic mass is 10.4. The van der Waals surface area contributed by atoms with E-state index >= 15 is 0 Å². The van der Waals surface area contributed by atoms with Crippen molar-refractivity contribution in [3.05, 3.63) is 33.8 Å². The third-order valence-electron chi connectivity index (χ3n) is 3.04. The van der Waals surface area contributed by atoms with E-state index in [9.17, 15) is 0 Å². The van der Waals surface area contributed by atoms with Crippen molar-refractivity contribution in [2.45, 2.75) is 26.9 Å². The molecule has 2 rings (SSSR count). The summed E-state index contributed by atoms with van der Waals surface area (Å²) in [4.78, 5) is 14.2. The number of aryl methyl sites for hydroxylation is 3. The smallest absolute Gasteiger partial charge is 0.191 e. The van der Waals surface area contributed by atoms with Gasteiger partial charge in [-0.2, -0.15) is 0 Å². The predicted molar refractivity (Wildman–Crippen MR) is 97.2 cm³/mol. The van der Waals surface area contributed by atoms with Crippen molar-refractivity contribution in [2.75, 3.05) is 7.05 Å². The van der Waals surface area contributed by atoms with E-state index in [4.69, 9.17) is 0 Å². The van der Waals surface area contributed by atoms with E-state index in [0.29, 0.717) is 13.1 Å². The lowest BCUT2D eigenvalue weighted by Crippen LogP contribution is -2.36. The van der Waals surface area contributed by atoms with Crippen LogP contribution in [0.1, 0.15) is 21.4 Å². The number of hydrogen-bond donors (Lipinski definition) is 2. The van der Waals surface area contributed by atoms with Gasteiger partial charge in [-0.25, -0.2) is 9.97 Å². The maximum Gasteiger partial charge on any atom is 0.191 e. The van der Waals surface area contributed by atoms with E-state index in [1.165, 1.54) is 4.88 Å². The highest BCUT2D eigenvalue weighted by molar-refractivity contribution is 14.0. The lowest BCUT2D eigenvalue weighted by Gasteiger charge is -2.10. The first-order valence-electron chi connectivity index (χ1n) is 6.43. The average molecular weight is 420 g/mol. The topological polar surface area (TPSA) is 67.1 Å². The van der Waals surface area contributed by atoms with Crippen LogP contribution in [0.15, 0.2) is 17.4 Å². The van der Waals surface area contributed by atoms with Crippen molar-refractivity contribution >= 4 is 41.3 Å². The molecule has 2 N–H and O–H groups in total. The molecule has 0 atom stereocenters. The molecule has 0 aliphatic heterocycles. The summed E-state index contributed by atoms with van der Waals surface area (Å²) in [5.74, 6) is 1.72. The van der Waals surface area contributed by atoms with Crippen LogP contribution in [0.5, 0.6) is 0 Å². The van der Waals surface area contributed by atoms with Gasteiger partial charge in [-0.3, -0.25) is 4.99 Å². The van der Waals surface area contributed by atoms with Crippen LogP contribution in [0.3, 0.4) is 0 Å². The van der Waals surface area contributed by atoms with Gasteiger partial charge in [-0.15, -0.1) is 35.3 Å². The Hall–Kier alpha value is -1.16. The SMILES string of the molecule is CN=C(NCc1nc(C)c(C)s1)NCc1nccn1C.I. The van der Waals surface area contributed by atoms with Crippen molar-refractivity contribution in [3.63, 3.8) is 0 Å². The summed E-state index contributed by atoms with van der Waals surface area (Å²) in [6, 6.07) is 0. The minimum Gasteiger partial charge on any atom is -0.350 e. The van der Waals surface area contributed by atoms with E-state index in [2.05, 4.69) is 32.5 Å². The van der Waals surface area contributed by atoms with Crippen LogP contribution < -0.4 is 10.6 Å². The molecule has 116 valence electrons. The first kappa shape index (κ1) is 17.9. The zero-order valence-corrected chi connectivity index (χ0v) is 15.8. The molecule has 0 bridgehead atoms. The van der Waals surface area contributed by atoms with Gasteiger partial charge in [0.25, 0.3) is 0 Å². The van der Waals surface area contributed by atoms with Crippen LogP contribution in [0.4, 0.5) is 0 Å². The number of guanidine groups is 1. The Morgan fingerprint density at radius 1 is 1.33 bits per heavy atom. The molecule has 0 spiro atoms. The summed E-state index contributed by atoms with van der Waals surface area (Å²) >= 11 is 1.71. The van der Waals surface area contributed by atoms with Gasteiger partial charge in [0, 0.05) is 31.4 Å². The van der Waals surface area contributed by atoms with Gasteiger partial charge in [0.2, 0.25) is 0 Å². The molecule has 0 fully saturated rings. The molecule has 0 aliphatic carbocycles. The largest absolute Gasteiger partial charge is 0.350 e. The molecule has 0 saturated carbocycles. The van der Waals surface area contributed by atoms with Crippen molar-refractivity contribution in [1.29, 1.82) is 0 Å². The second-order valence-corrected chi connectivity index (χ2v) is 5.77. The molecule has 21 heavy (non-hydrogen) atoms. The number of imidazole rings is 1. The van der Waals surface area contributed by atoms with Crippen LogP contribution in [0, 0.1) is 13.8 Å². The Kier molecular flexibility index (Phi) is 7.09. The predicted octanol–water partition coefficient (Wildman–Crippen LogP) is 1.98. The monoisotopic (exact) mass is 420 g/mol. The Bertz CT molecular complexity index is 584. The van der Waals surface area contributed by atoms with Gasteiger partial charge in [-0.05, 0) is 13.8 Å². The van der Waals surface area contributed by atoms with Gasteiger partial charge in [0.1, 0.15) is 10.8 Å². The van der Waals surface area contributed by atoms with Crippen LogP contribution in [-0.4, -0.2) is 27.5 Å². The van der Waals surface area contributed by atoms with Gasteiger partial charge in [0.15, 0.2) is 5.96 Å². The second kappa shape index (κ2) is 8.32. The number of rotatable bonds is 4. The Morgan fingerprint density at radius 3 is 2.57 bits per heavy atom. The standard InChI is InChI=1S/C13H20N6S.HI/c1-9-10(2)20-12(18-9)8-17-13(14-3)16-7-11-15-5-6-19(11)4;/h5-6H,7-8H2,1-4H3,(H2,14,16,17);1H. The molecule has 0 amide bonds. The summed E-state index contributed by atoms with van der Waals surface area (Å²) in [7, 11) is 3.73. The number of nitrogens with one attached hydrogen (secondary N) is 2. The number of thiazole rings is 1. The van der Waals surface area contributed by atoms with Crippen molar-refractivity contribution in [3.8, 4) is 0 Å². The summed E-state index contributed by atoms with van der Waals surface area (Å²) in [5.41, 5.74) is 1.10. The van der Waals surface area contributed by atoms with Crippen molar-refractivity contribution < 1.29 is 0 Å². The molecule has 2 aromatic rings. The molecule has 0 aliphatic rings. The van der Waals surface area contributed by atoms with Gasteiger partial charge in [0.05, 0.1) is 18.8 Å². The maximum absolute atomic E-state index is 4.50. The fourth-order valence-corrected chi connectivity index (χ4v) is 2.60. The van der Waals surface area contributed by atoms with Crippen LogP contribution in [0.2, 0.25) is 0 Å². The summed E-state index contributed by atoms with van der Waals surface area (Å²) in [5, 5.41) is 7.56. The molecule has 6 nitrogen and oxygen atoms in total. The van der Waals surface area contributed by atoms with Gasteiger partial charge >= 0.3 is 0 Å². The minimum absolute atomic E-state index is 0. The van der Waals surface area contributed by atoms with Crippen LogP contribution in [0.25, 0.3) is 0 Å². The van der Waals surface area contributed by atoms with E-state index in [-0.39, 0.29) is 24.0 Å². The molecule has 0 aromatic carbocycles. The van der Waals surface area contributed by atoms with Crippen LogP contribution >= 0.6 is 35.3 Å². The number of halogens is 1. The van der Waals surface area contributed by atoms with E-state index in [1.54, 1.807) is 24.6 Å². The highest BCUT2D eigenvalue weighted by atomic mass is 127. The zero-order chi connectivity index (χ0) is 14.5. The van der Waals surface area contributed by atoms with Crippen molar-refractivity contribution in [2.24, 2.45) is 12.0 Å². The third-order valence-corrected chi connectivity index (χ3v) is 4.11. The Balaban J connectivity index is 0.00000220. The fraction of sp³-hybridized carbons (Fsp3) is 0.462. The molecule has 2 aromatic heterocycles. The summed E-state index contributed by atoms with van der Waals surface area (Å²) < 4.78 is 1.98. The second-order valence-electron chi connectivity index (χ2n) is 4.48. The Morgan fingerprint density at radius 2 is 2.05 bits per heavy atom. The highest BCUT2D eigenvalue weighted by Gasteiger charge is 2.05. The lowest BCUT2D eigenvalue weighted by molar-refractivity contribution is 0.726. The average Bonchev–Trinajstić information content (AvgIpc) is 2.97. The zero-order valence-electron chi connectivity index (χ0n) is 12.7. The van der Waals surface area contributed by atoms with E-state index in [1.807, 2.05) is 24.7 Å². The number of nitrogens with zero attached hydrogens (tertiary/aromatic N) is 4. The molecule has 2 heterocycles. The first-order valence-corrected chi connectivity index (χ1v) is 7.25. The third kappa shape index (κ3) is 4.95. The quantitative estimate of drug-likeness (QED) is 0.451. The molecule has 0 unspecified atom stereocenters. The van der Waals surface area contributed by atoms with E-state index in [0.717, 1.165) is 22.5 Å². The number of aliphatic imine (C=N–C) groups is 1. The first-order chi connectivity index (χ1) is 9.60. The molecule has 0 radical (unpaired) electrons.